The van der Waals surface area contributed by atoms with Crippen LogP contribution < -0.4 is 5.32 Å². The molecule has 0 unspecified atom stereocenters. The van der Waals surface area contributed by atoms with Crippen LogP contribution in [0.3, 0.4) is 0 Å². The summed E-state index contributed by atoms with van der Waals surface area (Å²) in [6.07, 6.45) is 9.74. The predicted molar refractivity (Wildman–Crippen MR) is 116 cm³/mol. The second-order valence-corrected chi connectivity index (χ2v) is 9.65. The molecule has 1 saturated heterocycles. The SMILES string of the molecule is CCNC(=NCCC(=O)N1CCc2sccc2C1)N1CCC2(CCCCC2)C1. The second kappa shape index (κ2) is 8.85. The largest absolute Gasteiger partial charge is 0.357 e. The van der Waals surface area contributed by atoms with Gasteiger partial charge in [0.1, 0.15) is 0 Å². The van der Waals surface area contributed by atoms with E-state index in [9.17, 15) is 4.79 Å². The number of likely N-dealkylation sites (tertiary alicyclic amines) is 1. The predicted octanol–water partition coefficient (Wildman–Crippen LogP) is 3.64. The molecular weight excluding hydrogens is 368 g/mol. The summed E-state index contributed by atoms with van der Waals surface area (Å²) in [5.41, 5.74) is 1.85. The maximum absolute atomic E-state index is 12.7. The van der Waals surface area contributed by atoms with Crippen LogP contribution in [0.25, 0.3) is 0 Å². The van der Waals surface area contributed by atoms with Crippen molar-refractivity contribution in [1.82, 2.24) is 15.1 Å². The molecule has 0 atom stereocenters. The van der Waals surface area contributed by atoms with E-state index in [0.29, 0.717) is 18.4 Å². The Bertz CT molecular complexity index is 707. The molecule has 1 amide bonds. The van der Waals surface area contributed by atoms with Crippen LogP contribution in [-0.4, -0.2) is 54.4 Å². The highest BCUT2D eigenvalue weighted by molar-refractivity contribution is 7.10. The number of aliphatic imine (C=N–C) groups is 1. The Labute approximate surface area is 173 Å². The second-order valence-electron chi connectivity index (χ2n) is 8.65. The molecule has 1 aromatic heterocycles. The Hall–Kier alpha value is -1.56. The number of amides is 1. The van der Waals surface area contributed by atoms with Crippen molar-refractivity contribution in [3.05, 3.63) is 21.9 Å². The van der Waals surface area contributed by atoms with Crippen molar-refractivity contribution in [3.8, 4) is 0 Å². The molecule has 3 aliphatic rings. The molecule has 4 rings (SSSR count). The molecular formula is C22H34N4OS. The lowest BCUT2D eigenvalue weighted by molar-refractivity contribution is -0.131. The van der Waals surface area contributed by atoms with Gasteiger partial charge < -0.3 is 15.1 Å². The zero-order valence-corrected chi connectivity index (χ0v) is 18.0. The summed E-state index contributed by atoms with van der Waals surface area (Å²) in [5.74, 6) is 1.25. The molecule has 154 valence electrons. The number of guanidine groups is 1. The van der Waals surface area contributed by atoms with Crippen molar-refractivity contribution in [3.63, 3.8) is 0 Å². The minimum atomic E-state index is 0.238. The molecule has 0 aromatic carbocycles. The quantitative estimate of drug-likeness (QED) is 0.618. The van der Waals surface area contributed by atoms with Gasteiger partial charge >= 0.3 is 0 Å². The lowest BCUT2D eigenvalue weighted by Crippen LogP contribution is -2.42. The third kappa shape index (κ3) is 4.37. The van der Waals surface area contributed by atoms with E-state index in [1.807, 2.05) is 16.2 Å². The third-order valence-corrected chi connectivity index (χ3v) is 7.76. The summed E-state index contributed by atoms with van der Waals surface area (Å²) in [4.78, 5) is 23.4. The summed E-state index contributed by atoms with van der Waals surface area (Å²) in [7, 11) is 0. The fraction of sp³-hybridized carbons (Fsp3) is 0.727. The molecule has 28 heavy (non-hydrogen) atoms. The van der Waals surface area contributed by atoms with E-state index in [1.165, 1.54) is 49.0 Å². The number of rotatable bonds is 4. The van der Waals surface area contributed by atoms with Crippen LogP contribution in [0.4, 0.5) is 0 Å². The Balaban J connectivity index is 1.31. The number of carbonyl (C=O) groups is 1. The van der Waals surface area contributed by atoms with Crippen LogP contribution in [0.2, 0.25) is 0 Å². The molecule has 0 bridgehead atoms. The summed E-state index contributed by atoms with van der Waals surface area (Å²) >= 11 is 1.82. The summed E-state index contributed by atoms with van der Waals surface area (Å²) in [5, 5.41) is 5.60. The van der Waals surface area contributed by atoms with Crippen LogP contribution in [0.15, 0.2) is 16.4 Å². The van der Waals surface area contributed by atoms with Crippen LogP contribution in [0.5, 0.6) is 0 Å². The highest BCUT2D eigenvalue weighted by atomic mass is 32.1. The first kappa shape index (κ1) is 19.7. The van der Waals surface area contributed by atoms with E-state index in [-0.39, 0.29) is 5.91 Å². The number of nitrogens with one attached hydrogen (secondary N) is 1. The Morgan fingerprint density at radius 1 is 1.21 bits per heavy atom. The molecule has 1 N–H and O–H groups in total. The van der Waals surface area contributed by atoms with Crippen molar-refractivity contribution in [2.75, 3.05) is 32.7 Å². The first-order valence-corrected chi connectivity index (χ1v) is 11.9. The van der Waals surface area contributed by atoms with E-state index in [2.05, 4.69) is 28.6 Å². The maximum Gasteiger partial charge on any atom is 0.224 e. The molecule has 1 saturated carbocycles. The summed E-state index contributed by atoms with van der Waals surface area (Å²) in [6, 6.07) is 2.16. The molecule has 3 heterocycles. The molecule has 1 aliphatic carbocycles. The van der Waals surface area contributed by atoms with Gasteiger partial charge in [-0.15, -0.1) is 11.3 Å². The lowest BCUT2D eigenvalue weighted by atomic mass is 9.73. The van der Waals surface area contributed by atoms with Crippen LogP contribution in [-0.2, 0) is 17.8 Å². The maximum atomic E-state index is 12.7. The average Bonchev–Trinajstić information content (AvgIpc) is 3.34. The number of fused-ring (bicyclic) bond motifs is 1. The lowest BCUT2D eigenvalue weighted by Gasteiger charge is -2.33. The Morgan fingerprint density at radius 3 is 2.89 bits per heavy atom. The van der Waals surface area contributed by atoms with Crippen molar-refractivity contribution in [2.24, 2.45) is 10.4 Å². The van der Waals surface area contributed by atoms with Crippen LogP contribution in [0, 0.1) is 5.41 Å². The zero-order chi connectivity index (χ0) is 19.4. The van der Waals surface area contributed by atoms with E-state index >= 15 is 0 Å². The normalized spacial score (nSPS) is 21.8. The summed E-state index contributed by atoms with van der Waals surface area (Å²) in [6.45, 7) is 7.45. The number of nitrogens with zero attached hydrogens (tertiary/aromatic N) is 3. The molecule has 2 fully saturated rings. The van der Waals surface area contributed by atoms with Crippen molar-refractivity contribution in [2.45, 2.75) is 64.8 Å². The minimum absolute atomic E-state index is 0.238. The van der Waals surface area contributed by atoms with Gasteiger partial charge in [0.2, 0.25) is 5.91 Å². The highest BCUT2D eigenvalue weighted by Crippen LogP contribution is 2.43. The fourth-order valence-electron chi connectivity index (χ4n) is 5.13. The highest BCUT2D eigenvalue weighted by Gasteiger charge is 2.39. The molecule has 5 nitrogen and oxygen atoms in total. The van der Waals surface area contributed by atoms with Crippen molar-refractivity contribution in [1.29, 1.82) is 0 Å². The number of hydrogen-bond acceptors (Lipinski definition) is 3. The van der Waals surface area contributed by atoms with Crippen molar-refractivity contribution < 1.29 is 4.79 Å². The molecule has 2 aliphatic heterocycles. The molecule has 1 spiro atoms. The zero-order valence-electron chi connectivity index (χ0n) is 17.2. The first-order chi connectivity index (χ1) is 13.7. The van der Waals surface area contributed by atoms with Crippen LogP contribution >= 0.6 is 11.3 Å². The van der Waals surface area contributed by atoms with E-state index in [0.717, 1.165) is 45.1 Å². The van der Waals surface area contributed by atoms with E-state index < -0.39 is 0 Å². The monoisotopic (exact) mass is 402 g/mol. The van der Waals surface area contributed by atoms with E-state index in [4.69, 9.17) is 4.99 Å². The smallest absolute Gasteiger partial charge is 0.224 e. The van der Waals surface area contributed by atoms with Gasteiger partial charge in [0.25, 0.3) is 0 Å². The minimum Gasteiger partial charge on any atom is -0.357 e. The van der Waals surface area contributed by atoms with Gasteiger partial charge in [-0.3, -0.25) is 9.79 Å². The Morgan fingerprint density at radius 2 is 2.07 bits per heavy atom. The van der Waals surface area contributed by atoms with Gasteiger partial charge in [-0.05, 0) is 55.0 Å². The van der Waals surface area contributed by atoms with Gasteiger partial charge in [0.05, 0.1) is 6.54 Å². The van der Waals surface area contributed by atoms with Gasteiger partial charge in [0.15, 0.2) is 5.96 Å². The standard InChI is InChI=1S/C22H34N4OS/c1-2-23-21(26-14-11-22(17-26)9-4-3-5-10-22)24-12-6-20(27)25-13-7-19-18(16-25)8-15-28-19/h8,15H,2-7,9-14,16-17H2,1H3,(H,23,24). The van der Waals surface area contributed by atoms with Crippen LogP contribution in [0.1, 0.15) is 62.3 Å². The van der Waals surface area contributed by atoms with Gasteiger partial charge in [-0.25, -0.2) is 0 Å². The van der Waals surface area contributed by atoms with Gasteiger partial charge in [-0.1, -0.05) is 19.3 Å². The average molecular weight is 403 g/mol. The van der Waals surface area contributed by atoms with Gasteiger partial charge in [0, 0.05) is 44.0 Å². The van der Waals surface area contributed by atoms with E-state index in [1.54, 1.807) is 0 Å². The number of carbonyl (C=O) groups excluding carboxylic acids is 1. The Kier molecular flexibility index (Phi) is 6.24. The summed E-state index contributed by atoms with van der Waals surface area (Å²) < 4.78 is 0. The molecule has 1 aromatic rings. The van der Waals surface area contributed by atoms with Crippen molar-refractivity contribution >= 4 is 23.2 Å². The molecule has 6 heteroatoms. The first-order valence-electron chi connectivity index (χ1n) is 11.1. The topological polar surface area (TPSA) is 47.9 Å². The number of thiophene rings is 1. The fourth-order valence-corrected chi connectivity index (χ4v) is 6.02. The third-order valence-electron chi connectivity index (χ3n) is 6.73. The molecule has 0 radical (unpaired) electrons. The number of hydrogen-bond donors (Lipinski definition) is 1. The van der Waals surface area contributed by atoms with Gasteiger partial charge in [-0.2, -0.15) is 0 Å².